The predicted octanol–water partition coefficient (Wildman–Crippen LogP) is 4.84. The second-order valence-corrected chi connectivity index (χ2v) is 6.16. The molecule has 4 nitrogen and oxygen atoms in total. The molecule has 0 heterocycles. The van der Waals surface area contributed by atoms with Gasteiger partial charge in [0.2, 0.25) is 0 Å². The van der Waals surface area contributed by atoms with Gasteiger partial charge in [-0.25, -0.2) is 4.79 Å². The smallest absolute Gasteiger partial charge is 0.335 e. The molecule has 0 radical (unpaired) electrons. The summed E-state index contributed by atoms with van der Waals surface area (Å²) in [5.74, 6) is -1.44. The molecule has 0 aliphatic carbocycles. The van der Waals surface area contributed by atoms with E-state index in [2.05, 4.69) is 21.2 Å². The van der Waals surface area contributed by atoms with Gasteiger partial charge in [-0.3, -0.25) is 4.79 Å². The van der Waals surface area contributed by atoms with Crippen LogP contribution >= 0.6 is 27.5 Å². The van der Waals surface area contributed by atoms with E-state index in [0.717, 1.165) is 10.0 Å². The zero-order valence-electron chi connectivity index (χ0n) is 12.1. The number of nitrogens with one attached hydrogen (secondary N) is 1. The van der Waals surface area contributed by atoms with Gasteiger partial charge in [-0.15, -0.1) is 0 Å². The SMILES string of the molecule is C/C(=C\c1cccc(Br)c1)C(=O)Nc1cc(C(=O)O)ccc1Cl. The van der Waals surface area contributed by atoms with Crippen molar-refractivity contribution in [2.75, 3.05) is 5.32 Å². The summed E-state index contributed by atoms with van der Waals surface area (Å²) < 4.78 is 0.914. The number of amides is 1. The Kier molecular flexibility index (Phi) is 5.58. The number of carboxylic acid groups (broad SMARTS) is 1. The van der Waals surface area contributed by atoms with Crippen molar-refractivity contribution >= 4 is 51.2 Å². The lowest BCUT2D eigenvalue weighted by Crippen LogP contribution is -2.13. The molecule has 1 amide bonds. The van der Waals surface area contributed by atoms with Crippen molar-refractivity contribution in [2.45, 2.75) is 6.92 Å². The number of aromatic carboxylic acids is 1. The molecule has 2 aromatic carbocycles. The molecule has 2 rings (SSSR count). The van der Waals surface area contributed by atoms with Crippen molar-refractivity contribution < 1.29 is 14.7 Å². The summed E-state index contributed by atoms with van der Waals surface area (Å²) in [5.41, 5.74) is 1.66. The van der Waals surface area contributed by atoms with E-state index in [1.807, 2.05) is 24.3 Å². The van der Waals surface area contributed by atoms with E-state index in [1.165, 1.54) is 18.2 Å². The van der Waals surface area contributed by atoms with Gasteiger partial charge in [0.05, 0.1) is 16.3 Å². The lowest BCUT2D eigenvalue weighted by atomic mass is 10.1. The van der Waals surface area contributed by atoms with E-state index >= 15 is 0 Å². The fourth-order valence-electron chi connectivity index (χ4n) is 1.89. The van der Waals surface area contributed by atoms with Crippen LogP contribution in [-0.2, 0) is 4.79 Å². The van der Waals surface area contributed by atoms with Gasteiger partial charge in [-0.05, 0) is 48.9 Å². The maximum Gasteiger partial charge on any atom is 0.335 e. The highest BCUT2D eigenvalue weighted by molar-refractivity contribution is 9.10. The lowest BCUT2D eigenvalue weighted by molar-refractivity contribution is -0.112. The van der Waals surface area contributed by atoms with Crippen LogP contribution in [0.3, 0.4) is 0 Å². The van der Waals surface area contributed by atoms with E-state index in [4.69, 9.17) is 16.7 Å². The first kappa shape index (κ1) is 17.2. The van der Waals surface area contributed by atoms with E-state index in [9.17, 15) is 9.59 Å². The van der Waals surface area contributed by atoms with Crippen LogP contribution in [-0.4, -0.2) is 17.0 Å². The van der Waals surface area contributed by atoms with Gasteiger partial charge in [0.15, 0.2) is 0 Å². The zero-order valence-corrected chi connectivity index (χ0v) is 14.5. The van der Waals surface area contributed by atoms with Crippen LogP contribution in [0.25, 0.3) is 6.08 Å². The fourth-order valence-corrected chi connectivity index (χ4v) is 2.47. The molecule has 6 heteroatoms. The van der Waals surface area contributed by atoms with E-state index < -0.39 is 5.97 Å². The summed E-state index contributed by atoms with van der Waals surface area (Å²) >= 11 is 9.37. The first-order valence-electron chi connectivity index (χ1n) is 6.65. The number of rotatable bonds is 4. The Morgan fingerprint density at radius 3 is 2.61 bits per heavy atom. The van der Waals surface area contributed by atoms with Crippen LogP contribution in [0.4, 0.5) is 5.69 Å². The molecule has 118 valence electrons. The van der Waals surface area contributed by atoms with Crippen LogP contribution in [0, 0.1) is 0 Å². The summed E-state index contributed by atoms with van der Waals surface area (Å²) in [7, 11) is 0. The van der Waals surface area contributed by atoms with Crippen molar-refractivity contribution in [3.63, 3.8) is 0 Å². The molecule has 0 bridgehead atoms. The minimum absolute atomic E-state index is 0.0540. The normalized spacial score (nSPS) is 11.2. The van der Waals surface area contributed by atoms with Gasteiger partial charge < -0.3 is 10.4 Å². The molecule has 0 atom stereocenters. The number of carbonyl (C=O) groups excluding carboxylic acids is 1. The van der Waals surface area contributed by atoms with Gasteiger partial charge >= 0.3 is 5.97 Å². The molecule has 23 heavy (non-hydrogen) atoms. The number of benzene rings is 2. The standard InChI is InChI=1S/C17H13BrClNO3/c1-10(7-11-3-2-4-13(18)8-11)16(21)20-15-9-12(17(22)23)5-6-14(15)19/h2-9H,1H3,(H,20,21)(H,22,23)/b10-7+. The van der Waals surface area contributed by atoms with Crippen molar-refractivity contribution in [3.8, 4) is 0 Å². The first-order chi connectivity index (χ1) is 10.9. The number of carboxylic acids is 1. The molecule has 2 N–H and O–H groups in total. The minimum atomic E-state index is -1.08. The fraction of sp³-hybridized carbons (Fsp3) is 0.0588. The number of anilines is 1. The predicted molar refractivity (Wildman–Crippen MR) is 94.8 cm³/mol. The highest BCUT2D eigenvalue weighted by Gasteiger charge is 2.11. The zero-order chi connectivity index (χ0) is 17.0. The molecule has 0 aliphatic rings. The third-order valence-electron chi connectivity index (χ3n) is 3.05. The Labute approximate surface area is 146 Å². The Morgan fingerprint density at radius 1 is 1.22 bits per heavy atom. The van der Waals surface area contributed by atoms with E-state index in [0.29, 0.717) is 5.57 Å². The van der Waals surface area contributed by atoms with Crippen molar-refractivity contribution in [1.29, 1.82) is 0 Å². The molecule has 0 unspecified atom stereocenters. The largest absolute Gasteiger partial charge is 0.478 e. The molecule has 0 fully saturated rings. The quantitative estimate of drug-likeness (QED) is 0.729. The Bertz CT molecular complexity index is 802. The number of hydrogen-bond acceptors (Lipinski definition) is 2. The molecule has 0 aromatic heterocycles. The van der Waals surface area contributed by atoms with Gasteiger partial charge in [-0.1, -0.05) is 39.7 Å². The lowest BCUT2D eigenvalue weighted by Gasteiger charge is -2.08. The van der Waals surface area contributed by atoms with Gasteiger partial charge in [0.1, 0.15) is 0 Å². The Morgan fingerprint density at radius 2 is 1.96 bits per heavy atom. The molecule has 0 saturated carbocycles. The number of hydrogen-bond donors (Lipinski definition) is 2. The van der Waals surface area contributed by atoms with Crippen molar-refractivity contribution in [1.82, 2.24) is 0 Å². The van der Waals surface area contributed by atoms with E-state index in [-0.39, 0.29) is 22.2 Å². The van der Waals surface area contributed by atoms with Crippen molar-refractivity contribution in [3.05, 3.63) is 68.7 Å². The maximum atomic E-state index is 12.2. The third kappa shape index (κ3) is 4.68. The van der Waals surface area contributed by atoms with E-state index in [1.54, 1.807) is 13.0 Å². The molecule has 0 spiro atoms. The second kappa shape index (κ2) is 7.44. The molecule has 2 aromatic rings. The van der Waals surface area contributed by atoms with Gasteiger partial charge in [0, 0.05) is 10.0 Å². The van der Waals surface area contributed by atoms with Crippen LogP contribution in [0.5, 0.6) is 0 Å². The van der Waals surface area contributed by atoms with Crippen LogP contribution < -0.4 is 5.32 Å². The van der Waals surface area contributed by atoms with Gasteiger partial charge in [0.25, 0.3) is 5.91 Å². The first-order valence-corrected chi connectivity index (χ1v) is 7.82. The Balaban J connectivity index is 2.21. The topological polar surface area (TPSA) is 66.4 Å². The Hall–Kier alpha value is -2.11. The molecular weight excluding hydrogens is 382 g/mol. The summed E-state index contributed by atoms with van der Waals surface area (Å²) in [5, 5.41) is 11.9. The third-order valence-corrected chi connectivity index (χ3v) is 3.87. The molecular formula is C17H13BrClNO3. The highest BCUT2D eigenvalue weighted by Crippen LogP contribution is 2.24. The van der Waals surface area contributed by atoms with Crippen LogP contribution in [0.15, 0.2) is 52.5 Å². The monoisotopic (exact) mass is 393 g/mol. The summed E-state index contributed by atoms with van der Waals surface area (Å²) in [4.78, 5) is 23.2. The average molecular weight is 395 g/mol. The number of halogens is 2. The maximum absolute atomic E-state index is 12.2. The summed E-state index contributed by atoms with van der Waals surface area (Å²) in [6.45, 7) is 1.67. The van der Waals surface area contributed by atoms with Crippen LogP contribution in [0.2, 0.25) is 5.02 Å². The summed E-state index contributed by atoms with van der Waals surface area (Å²) in [6.07, 6.45) is 1.73. The minimum Gasteiger partial charge on any atom is -0.478 e. The van der Waals surface area contributed by atoms with Crippen LogP contribution in [0.1, 0.15) is 22.8 Å². The second-order valence-electron chi connectivity index (χ2n) is 4.84. The number of carbonyl (C=O) groups is 2. The summed E-state index contributed by atoms with van der Waals surface area (Å²) in [6, 6.07) is 11.7. The molecule has 0 aliphatic heterocycles. The van der Waals surface area contributed by atoms with Crippen molar-refractivity contribution in [2.24, 2.45) is 0 Å². The van der Waals surface area contributed by atoms with Gasteiger partial charge in [-0.2, -0.15) is 0 Å². The molecule has 0 saturated heterocycles. The average Bonchev–Trinajstić information content (AvgIpc) is 2.49. The highest BCUT2D eigenvalue weighted by atomic mass is 79.9.